The van der Waals surface area contributed by atoms with Crippen LogP contribution in [0.15, 0.2) is 47.5 Å². The van der Waals surface area contributed by atoms with Crippen LogP contribution in [-0.4, -0.2) is 13.4 Å². The molecular formula is C12H12N2O2S. The van der Waals surface area contributed by atoms with Gasteiger partial charge in [0.1, 0.15) is 4.90 Å². The Morgan fingerprint density at radius 2 is 1.94 bits per heavy atom. The molecule has 88 valence electrons. The Bertz CT molecular complexity index is 651. The normalized spacial score (nSPS) is 11.4. The van der Waals surface area contributed by atoms with Crippen molar-refractivity contribution in [3.8, 4) is 11.3 Å². The summed E-state index contributed by atoms with van der Waals surface area (Å²) in [6.07, 6.45) is 1.55. The number of rotatable bonds is 2. The van der Waals surface area contributed by atoms with Crippen LogP contribution < -0.4 is 5.14 Å². The van der Waals surface area contributed by atoms with Gasteiger partial charge in [0.05, 0.1) is 5.69 Å². The van der Waals surface area contributed by atoms with Gasteiger partial charge in [-0.15, -0.1) is 0 Å². The third kappa shape index (κ3) is 2.51. The van der Waals surface area contributed by atoms with Crippen LogP contribution in [-0.2, 0) is 10.0 Å². The fourth-order valence-electron chi connectivity index (χ4n) is 1.63. The van der Waals surface area contributed by atoms with E-state index in [0.717, 1.165) is 11.1 Å². The van der Waals surface area contributed by atoms with Gasteiger partial charge in [0.2, 0.25) is 10.0 Å². The molecule has 0 fully saturated rings. The lowest BCUT2D eigenvalue weighted by Gasteiger charge is -2.06. The van der Waals surface area contributed by atoms with Crippen molar-refractivity contribution in [1.82, 2.24) is 4.98 Å². The van der Waals surface area contributed by atoms with Crippen molar-refractivity contribution in [2.45, 2.75) is 11.8 Å². The Kier molecular flexibility index (Phi) is 2.95. The molecule has 0 radical (unpaired) electrons. The largest absolute Gasteiger partial charge is 0.255 e. The Morgan fingerprint density at radius 3 is 2.59 bits per heavy atom. The van der Waals surface area contributed by atoms with Crippen LogP contribution in [0.3, 0.4) is 0 Å². The average molecular weight is 248 g/mol. The summed E-state index contributed by atoms with van der Waals surface area (Å²) in [6.45, 7) is 1.93. The van der Waals surface area contributed by atoms with Gasteiger partial charge in [-0.1, -0.05) is 23.8 Å². The van der Waals surface area contributed by atoms with Gasteiger partial charge in [-0.2, -0.15) is 0 Å². The van der Waals surface area contributed by atoms with E-state index in [0.29, 0.717) is 5.69 Å². The minimum Gasteiger partial charge on any atom is -0.255 e. The smallest absolute Gasteiger partial charge is 0.240 e. The number of pyridine rings is 1. The second-order valence-corrected chi connectivity index (χ2v) is 5.29. The molecule has 1 heterocycles. The zero-order valence-corrected chi connectivity index (χ0v) is 10.1. The minimum atomic E-state index is -3.76. The molecule has 0 amide bonds. The quantitative estimate of drug-likeness (QED) is 0.879. The molecule has 1 aromatic carbocycles. The third-order valence-electron chi connectivity index (χ3n) is 2.37. The predicted octanol–water partition coefficient (Wildman–Crippen LogP) is 1.70. The number of hydrogen-bond donors (Lipinski definition) is 1. The molecule has 2 aromatic rings. The number of nitrogens with zero attached hydrogens (tertiary/aromatic N) is 1. The summed E-state index contributed by atoms with van der Waals surface area (Å²) in [4.78, 5) is 4.14. The fourth-order valence-corrected chi connectivity index (χ4v) is 2.34. The second kappa shape index (κ2) is 4.27. The summed E-state index contributed by atoms with van der Waals surface area (Å²) in [5.41, 5.74) is 2.17. The van der Waals surface area contributed by atoms with Crippen molar-refractivity contribution >= 4 is 10.0 Å². The van der Waals surface area contributed by atoms with Crippen LogP contribution in [0.1, 0.15) is 5.56 Å². The predicted molar refractivity (Wildman–Crippen MR) is 65.8 cm³/mol. The number of aromatic nitrogens is 1. The van der Waals surface area contributed by atoms with E-state index in [2.05, 4.69) is 4.98 Å². The van der Waals surface area contributed by atoms with E-state index in [1.807, 2.05) is 31.2 Å². The number of hydrogen-bond acceptors (Lipinski definition) is 3. The Morgan fingerprint density at radius 1 is 1.18 bits per heavy atom. The molecule has 0 unspecified atom stereocenters. The first-order chi connectivity index (χ1) is 7.98. The second-order valence-electron chi connectivity index (χ2n) is 3.76. The molecule has 17 heavy (non-hydrogen) atoms. The zero-order valence-electron chi connectivity index (χ0n) is 9.29. The summed E-state index contributed by atoms with van der Waals surface area (Å²) in [5.74, 6) is 0. The van der Waals surface area contributed by atoms with Crippen LogP contribution in [0, 0.1) is 6.92 Å². The lowest BCUT2D eigenvalue weighted by molar-refractivity contribution is 0.597. The van der Waals surface area contributed by atoms with E-state index in [1.165, 1.54) is 6.07 Å². The van der Waals surface area contributed by atoms with Gasteiger partial charge >= 0.3 is 0 Å². The topological polar surface area (TPSA) is 73.0 Å². The first-order valence-electron chi connectivity index (χ1n) is 5.03. The maximum atomic E-state index is 11.4. The molecule has 2 N–H and O–H groups in total. The van der Waals surface area contributed by atoms with E-state index in [1.54, 1.807) is 12.3 Å². The maximum absolute atomic E-state index is 11.4. The molecule has 0 aliphatic heterocycles. The highest BCUT2D eigenvalue weighted by Gasteiger charge is 2.15. The molecule has 4 nitrogen and oxygen atoms in total. The molecule has 0 saturated carbocycles. The molecule has 0 aliphatic rings. The summed E-state index contributed by atoms with van der Waals surface area (Å²) in [7, 11) is -3.76. The van der Waals surface area contributed by atoms with Crippen molar-refractivity contribution in [3.05, 3.63) is 48.2 Å². The van der Waals surface area contributed by atoms with Gasteiger partial charge in [-0.3, -0.25) is 4.98 Å². The van der Waals surface area contributed by atoms with E-state index in [4.69, 9.17) is 5.14 Å². The van der Waals surface area contributed by atoms with Crippen molar-refractivity contribution in [3.63, 3.8) is 0 Å². The van der Waals surface area contributed by atoms with Crippen molar-refractivity contribution in [2.75, 3.05) is 0 Å². The molecule has 0 bridgehead atoms. The molecule has 5 heteroatoms. The lowest BCUT2D eigenvalue weighted by atomic mass is 10.1. The van der Waals surface area contributed by atoms with Gasteiger partial charge in [-0.25, -0.2) is 13.6 Å². The minimum absolute atomic E-state index is 0.0469. The maximum Gasteiger partial charge on any atom is 0.240 e. The van der Waals surface area contributed by atoms with Crippen LogP contribution in [0.5, 0.6) is 0 Å². The lowest BCUT2D eigenvalue weighted by Crippen LogP contribution is -2.14. The van der Waals surface area contributed by atoms with Crippen LogP contribution in [0.4, 0.5) is 0 Å². The Labute approximate surface area is 100 Å². The third-order valence-corrected chi connectivity index (χ3v) is 3.31. The molecular weight excluding hydrogens is 236 g/mol. The molecule has 0 atom stereocenters. The number of benzene rings is 1. The first kappa shape index (κ1) is 11.8. The Balaban J connectivity index is 2.69. The summed E-state index contributed by atoms with van der Waals surface area (Å²) in [6, 6.07) is 10.5. The van der Waals surface area contributed by atoms with Crippen molar-refractivity contribution in [1.29, 1.82) is 0 Å². The van der Waals surface area contributed by atoms with Crippen molar-refractivity contribution in [2.24, 2.45) is 5.14 Å². The standard InChI is InChI=1S/C12H12N2O2S/c1-9-4-2-5-10(8-9)12-11(17(13,15)16)6-3-7-14-12/h2-8H,1H3,(H2,13,15,16). The molecule has 1 aromatic heterocycles. The average Bonchev–Trinajstić information content (AvgIpc) is 2.28. The molecule has 0 aliphatic carbocycles. The van der Waals surface area contributed by atoms with Crippen LogP contribution >= 0.6 is 0 Å². The number of nitrogens with two attached hydrogens (primary N) is 1. The summed E-state index contributed by atoms with van der Waals surface area (Å²) >= 11 is 0. The number of sulfonamides is 1. The monoisotopic (exact) mass is 248 g/mol. The molecule has 2 rings (SSSR count). The Hall–Kier alpha value is -1.72. The SMILES string of the molecule is Cc1cccc(-c2ncccc2S(N)(=O)=O)c1. The molecule has 0 saturated heterocycles. The van der Waals surface area contributed by atoms with Crippen molar-refractivity contribution < 1.29 is 8.42 Å². The highest BCUT2D eigenvalue weighted by molar-refractivity contribution is 7.89. The molecule has 0 spiro atoms. The highest BCUT2D eigenvalue weighted by atomic mass is 32.2. The van der Waals surface area contributed by atoms with Gasteiger partial charge in [0, 0.05) is 11.8 Å². The van der Waals surface area contributed by atoms with Crippen LogP contribution in [0.2, 0.25) is 0 Å². The van der Waals surface area contributed by atoms with E-state index in [-0.39, 0.29) is 4.90 Å². The summed E-state index contributed by atoms with van der Waals surface area (Å²) in [5, 5.41) is 5.17. The number of aryl methyl sites for hydroxylation is 1. The highest BCUT2D eigenvalue weighted by Crippen LogP contribution is 2.24. The van der Waals surface area contributed by atoms with E-state index < -0.39 is 10.0 Å². The van der Waals surface area contributed by atoms with Gasteiger partial charge in [0.25, 0.3) is 0 Å². The summed E-state index contributed by atoms with van der Waals surface area (Å²) < 4.78 is 22.9. The van der Waals surface area contributed by atoms with Crippen LogP contribution in [0.25, 0.3) is 11.3 Å². The van der Waals surface area contributed by atoms with E-state index in [9.17, 15) is 8.42 Å². The zero-order chi connectivity index (χ0) is 12.5. The van der Waals surface area contributed by atoms with E-state index >= 15 is 0 Å². The van der Waals surface area contributed by atoms with Gasteiger partial charge < -0.3 is 0 Å². The fraction of sp³-hybridized carbons (Fsp3) is 0.0833. The number of primary sulfonamides is 1. The first-order valence-corrected chi connectivity index (χ1v) is 6.58. The van der Waals surface area contributed by atoms with Gasteiger partial charge in [-0.05, 0) is 25.1 Å². The van der Waals surface area contributed by atoms with Gasteiger partial charge in [0.15, 0.2) is 0 Å².